The predicted molar refractivity (Wildman–Crippen MR) is 198 cm³/mol. The van der Waals surface area contributed by atoms with E-state index in [-0.39, 0.29) is 0 Å². The van der Waals surface area contributed by atoms with Crippen LogP contribution in [0.3, 0.4) is 0 Å². The summed E-state index contributed by atoms with van der Waals surface area (Å²) in [5, 5.41) is 7.30. The SMILES string of the molecule is c1ccc(-n2c3ccccc3c3ccc(-c4ccc5c(c4)c4ccccc4n5-c4ncc5c6c(cccc46)-c4ncccc4-5)cc32)cc1. The van der Waals surface area contributed by atoms with E-state index >= 15 is 0 Å². The largest absolute Gasteiger partial charge is 0.309 e. The Hall–Kier alpha value is -6.52. The van der Waals surface area contributed by atoms with Crippen LogP contribution in [0, 0.1) is 0 Å². The van der Waals surface area contributed by atoms with Crippen LogP contribution >= 0.6 is 0 Å². The Bertz CT molecular complexity index is 2920. The lowest BCUT2D eigenvalue weighted by Crippen LogP contribution is -1.99. The Morgan fingerprint density at radius 2 is 1.06 bits per heavy atom. The van der Waals surface area contributed by atoms with Crippen LogP contribution in [0.1, 0.15) is 0 Å². The standard InChI is InChI=1S/C44H26N4/c1-2-10-29(11-3-1)47-38-17-6-4-12-30(38)32-21-19-28(25-41(32)47)27-20-22-40-36(24-27)31-13-5-7-18-39(31)48(40)44-35-15-8-14-34-42(35)37(26-46-44)33-16-9-23-45-43(33)34/h1-26H. The van der Waals surface area contributed by atoms with Crippen molar-refractivity contribution in [2.75, 3.05) is 0 Å². The minimum absolute atomic E-state index is 0.941. The van der Waals surface area contributed by atoms with Crippen molar-refractivity contribution in [3.05, 3.63) is 158 Å². The second-order valence-corrected chi connectivity index (χ2v) is 12.6. The third-order valence-corrected chi connectivity index (χ3v) is 10.1. The van der Waals surface area contributed by atoms with Crippen LogP contribution in [0.25, 0.3) is 99.4 Å². The maximum Gasteiger partial charge on any atom is 0.145 e. The summed E-state index contributed by atoms with van der Waals surface area (Å²) in [6.45, 7) is 0. The first-order valence-electron chi connectivity index (χ1n) is 16.3. The number of fused-ring (bicyclic) bond motifs is 9. The summed E-state index contributed by atoms with van der Waals surface area (Å²) in [4.78, 5) is 9.91. The fraction of sp³-hybridized carbons (Fsp3) is 0. The molecule has 4 heterocycles. The van der Waals surface area contributed by atoms with Crippen LogP contribution in [0.2, 0.25) is 0 Å². The molecule has 6 aromatic carbocycles. The van der Waals surface area contributed by atoms with Crippen LogP contribution in [0.4, 0.5) is 0 Å². The van der Waals surface area contributed by atoms with Gasteiger partial charge in [-0.25, -0.2) is 4.98 Å². The molecule has 4 aromatic heterocycles. The Balaban J connectivity index is 1.14. The van der Waals surface area contributed by atoms with Gasteiger partial charge in [-0.2, -0.15) is 0 Å². The van der Waals surface area contributed by atoms with E-state index in [1.165, 1.54) is 54.7 Å². The van der Waals surface area contributed by atoms with Crippen LogP contribution in [0.5, 0.6) is 0 Å². The molecule has 0 fully saturated rings. The molecule has 0 saturated heterocycles. The number of pyridine rings is 2. The summed E-state index contributed by atoms with van der Waals surface area (Å²) in [5.74, 6) is 0.941. The van der Waals surface area contributed by atoms with Crippen LogP contribution in [-0.4, -0.2) is 19.1 Å². The third kappa shape index (κ3) is 3.38. The Labute approximate surface area is 275 Å². The average Bonchev–Trinajstić information content (AvgIpc) is 3.78. The predicted octanol–water partition coefficient (Wildman–Crippen LogP) is 11.1. The first-order chi connectivity index (χ1) is 23.8. The molecule has 0 saturated carbocycles. The van der Waals surface area contributed by atoms with Gasteiger partial charge in [0.15, 0.2) is 0 Å². The smallest absolute Gasteiger partial charge is 0.145 e. The zero-order chi connectivity index (χ0) is 31.3. The van der Waals surface area contributed by atoms with Gasteiger partial charge in [-0.05, 0) is 59.7 Å². The van der Waals surface area contributed by atoms with E-state index in [0.29, 0.717) is 0 Å². The number of aromatic nitrogens is 4. The molecule has 0 amide bonds. The van der Waals surface area contributed by atoms with Gasteiger partial charge in [-0.15, -0.1) is 0 Å². The molecule has 222 valence electrons. The maximum absolute atomic E-state index is 5.16. The fourth-order valence-electron chi connectivity index (χ4n) is 8.09. The van der Waals surface area contributed by atoms with Gasteiger partial charge in [-0.3, -0.25) is 9.55 Å². The van der Waals surface area contributed by atoms with Crippen molar-refractivity contribution in [3.8, 4) is 45.0 Å². The second-order valence-electron chi connectivity index (χ2n) is 12.6. The van der Waals surface area contributed by atoms with Gasteiger partial charge in [0.1, 0.15) is 5.82 Å². The molecule has 0 spiro atoms. The maximum atomic E-state index is 5.16. The monoisotopic (exact) mass is 610 g/mol. The Morgan fingerprint density at radius 1 is 0.396 bits per heavy atom. The molecule has 0 unspecified atom stereocenters. The van der Waals surface area contributed by atoms with Crippen molar-refractivity contribution in [3.63, 3.8) is 0 Å². The van der Waals surface area contributed by atoms with Crippen molar-refractivity contribution in [2.24, 2.45) is 0 Å². The first-order valence-corrected chi connectivity index (χ1v) is 16.3. The van der Waals surface area contributed by atoms with Gasteiger partial charge in [0, 0.05) is 67.1 Å². The highest BCUT2D eigenvalue weighted by molar-refractivity contribution is 6.17. The van der Waals surface area contributed by atoms with E-state index in [4.69, 9.17) is 9.97 Å². The van der Waals surface area contributed by atoms with Crippen molar-refractivity contribution in [2.45, 2.75) is 0 Å². The topological polar surface area (TPSA) is 35.6 Å². The molecule has 4 heteroatoms. The number of para-hydroxylation sites is 3. The molecule has 1 aliphatic rings. The van der Waals surface area contributed by atoms with Gasteiger partial charge >= 0.3 is 0 Å². The van der Waals surface area contributed by atoms with Gasteiger partial charge in [0.2, 0.25) is 0 Å². The molecule has 1 aliphatic carbocycles. The molecule has 0 atom stereocenters. The van der Waals surface area contributed by atoms with Crippen LogP contribution in [-0.2, 0) is 0 Å². The highest BCUT2D eigenvalue weighted by Gasteiger charge is 2.25. The average molecular weight is 611 g/mol. The minimum atomic E-state index is 0.941. The van der Waals surface area contributed by atoms with Gasteiger partial charge in [0.25, 0.3) is 0 Å². The summed E-state index contributed by atoms with van der Waals surface area (Å²) in [5.41, 5.74) is 12.8. The van der Waals surface area contributed by atoms with Crippen molar-refractivity contribution in [1.29, 1.82) is 0 Å². The van der Waals surface area contributed by atoms with Crippen LogP contribution < -0.4 is 0 Å². The summed E-state index contributed by atoms with van der Waals surface area (Å²) >= 11 is 0. The minimum Gasteiger partial charge on any atom is -0.309 e. The number of hydrogen-bond donors (Lipinski definition) is 0. The molecular formula is C44H26N4. The third-order valence-electron chi connectivity index (χ3n) is 10.1. The molecule has 11 rings (SSSR count). The summed E-state index contributed by atoms with van der Waals surface area (Å²) in [6.07, 6.45) is 3.91. The van der Waals surface area contributed by atoms with Crippen molar-refractivity contribution < 1.29 is 0 Å². The van der Waals surface area contributed by atoms with E-state index in [1.54, 1.807) is 0 Å². The van der Waals surface area contributed by atoms with E-state index in [1.807, 2.05) is 18.5 Å². The van der Waals surface area contributed by atoms with Gasteiger partial charge < -0.3 is 4.57 Å². The molecular weight excluding hydrogens is 585 g/mol. The summed E-state index contributed by atoms with van der Waals surface area (Å²) < 4.78 is 4.72. The molecule has 0 bridgehead atoms. The zero-order valence-corrected chi connectivity index (χ0v) is 25.8. The molecule has 10 aromatic rings. The summed E-state index contributed by atoms with van der Waals surface area (Å²) in [6, 6.07) is 52.5. The van der Waals surface area contributed by atoms with E-state index in [0.717, 1.165) is 44.7 Å². The first kappa shape index (κ1) is 25.6. The molecule has 0 N–H and O–H groups in total. The Kier molecular flexibility index (Phi) is 5.08. The highest BCUT2D eigenvalue weighted by Crippen LogP contribution is 2.47. The second kappa shape index (κ2) is 9.50. The molecule has 4 nitrogen and oxygen atoms in total. The van der Waals surface area contributed by atoms with Crippen LogP contribution in [0.15, 0.2) is 158 Å². The quantitative estimate of drug-likeness (QED) is 0.199. The van der Waals surface area contributed by atoms with E-state index in [2.05, 4.69) is 149 Å². The molecule has 0 radical (unpaired) electrons. The highest BCUT2D eigenvalue weighted by atomic mass is 15.1. The lowest BCUT2D eigenvalue weighted by molar-refractivity contribution is 1.10. The Morgan fingerprint density at radius 3 is 1.94 bits per heavy atom. The van der Waals surface area contributed by atoms with Crippen molar-refractivity contribution in [1.82, 2.24) is 19.1 Å². The van der Waals surface area contributed by atoms with Gasteiger partial charge in [-0.1, -0.05) is 97.1 Å². The normalized spacial score (nSPS) is 12.2. The van der Waals surface area contributed by atoms with E-state index < -0.39 is 0 Å². The number of rotatable bonds is 3. The van der Waals surface area contributed by atoms with E-state index in [9.17, 15) is 0 Å². The lowest BCUT2D eigenvalue weighted by Gasteiger charge is -2.12. The summed E-state index contributed by atoms with van der Waals surface area (Å²) in [7, 11) is 0. The fourth-order valence-corrected chi connectivity index (χ4v) is 8.09. The number of benzene rings is 6. The molecule has 0 aliphatic heterocycles. The van der Waals surface area contributed by atoms with Crippen molar-refractivity contribution >= 4 is 54.4 Å². The molecule has 48 heavy (non-hydrogen) atoms. The lowest BCUT2D eigenvalue weighted by atomic mass is 10.0. The number of hydrogen-bond acceptors (Lipinski definition) is 2. The van der Waals surface area contributed by atoms with Gasteiger partial charge in [0.05, 0.1) is 27.8 Å². The number of nitrogens with zero attached hydrogens (tertiary/aromatic N) is 4. The zero-order valence-electron chi connectivity index (χ0n) is 25.8.